The van der Waals surface area contributed by atoms with Gasteiger partial charge in [-0.05, 0) is 55.9 Å². The molecule has 1 aromatic heterocycles. The van der Waals surface area contributed by atoms with Crippen LogP contribution in [0.1, 0.15) is 37.7 Å². The van der Waals surface area contributed by atoms with E-state index in [0.29, 0.717) is 11.4 Å². The van der Waals surface area contributed by atoms with Crippen molar-refractivity contribution in [1.82, 2.24) is 4.98 Å². The molecule has 1 heterocycles. The van der Waals surface area contributed by atoms with E-state index in [0.717, 1.165) is 18.7 Å². The first-order valence-corrected chi connectivity index (χ1v) is 9.12. The molecule has 2 aromatic rings. The van der Waals surface area contributed by atoms with Gasteiger partial charge in [-0.15, -0.1) is 0 Å². The highest BCUT2D eigenvalue weighted by molar-refractivity contribution is 5.91. The molecule has 5 heteroatoms. The fraction of sp³-hybridized carbons (Fsp3) is 0.333. The van der Waals surface area contributed by atoms with Gasteiger partial charge < -0.3 is 10.6 Å². The average Bonchev–Trinajstić information content (AvgIpc) is 2.66. The summed E-state index contributed by atoms with van der Waals surface area (Å²) in [5.41, 5.74) is 2.84. The van der Waals surface area contributed by atoms with Crippen LogP contribution in [-0.2, 0) is 11.2 Å². The Morgan fingerprint density at radius 3 is 2.77 bits per heavy atom. The zero-order valence-corrected chi connectivity index (χ0v) is 14.8. The van der Waals surface area contributed by atoms with Crippen LogP contribution in [0, 0.1) is 5.82 Å². The summed E-state index contributed by atoms with van der Waals surface area (Å²) in [6, 6.07) is 9.92. The molecular weight excluding hydrogens is 329 g/mol. The van der Waals surface area contributed by atoms with Crippen LogP contribution in [0.5, 0.6) is 0 Å². The molecule has 1 aliphatic rings. The number of hydrogen-bond acceptors (Lipinski definition) is 3. The lowest BCUT2D eigenvalue weighted by Crippen LogP contribution is -2.16. The summed E-state index contributed by atoms with van der Waals surface area (Å²) in [6.07, 6.45) is 10.1. The Morgan fingerprint density at radius 1 is 1.15 bits per heavy atom. The molecule has 3 rings (SSSR count). The number of hydrogen-bond donors (Lipinski definition) is 2. The van der Waals surface area contributed by atoms with Gasteiger partial charge in [-0.1, -0.05) is 29.8 Å². The molecule has 0 saturated heterocycles. The van der Waals surface area contributed by atoms with Crippen molar-refractivity contribution >= 4 is 17.4 Å². The second kappa shape index (κ2) is 9.13. The number of benzene rings is 1. The number of allylic oxidation sites excluding steroid dienone is 1. The van der Waals surface area contributed by atoms with Crippen molar-refractivity contribution < 1.29 is 9.18 Å². The minimum Gasteiger partial charge on any atom is -0.383 e. The number of pyridine rings is 1. The van der Waals surface area contributed by atoms with Gasteiger partial charge in [-0.3, -0.25) is 4.79 Å². The minimum absolute atomic E-state index is 0.0105. The molecule has 0 atom stereocenters. The SMILES string of the molecule is O=C(Cc1ccccc1F)Nc1ccc(NCCC2=CCCCC2)cn1. The van der Waals surface area contributed by atoms with Crippen molar-refractivity contribution in [1.29, 1.82) is 0 Å². The molecule has 0 aliphatic heterocycles. The molecular formula is C21H24FN3O. The maximum atomic E-state index is 13.6. The van der Waals surface area contributed by atoms with Gasteiger partial charge in [0.25, 0.3) is 0 Å². The Hall–Kier alpha value is -2.69. The van der Waals surface area contributed by atoms with E-state index < -0.39 is 0 Å². The second-order valence-corrected chi connectivity index (χ2v) is 6.53. The zero-order chi connectivity index (χ0) is 18.2. The summed E-state index contributed by atoms with van der Waals surface area (Å²) in [5.74, 6) is -0.192. The molecule has 0 spiro atoms. The van der Waals surface area contributed by atoms with Crippen molar-refractivity contribution in [2.75, 3.05) is 17.2 Å². The van der Waals surface area contributed by atoms with E-state index in [1.54, 1.807) is 30.5 Å². The number of nitrogens with zero attached hydrogens (tertiary/aromatic N) is 1. The van der Waals surface area contributed by atoms with Crippen LogP contribution in [0.2, 0.25) is 0 Å². The van der Waals surface area contributed by atoms with E-state index in [2.05, 4.69) is 21.7 Å². The monoisotopic (exact) mass is 353 g/mol. The van der Waals surface area contributed by atoms with Crippen molar-refractivity contribution in [2.45, 2.75) is 38.5 Å². The van der Waals surface area contributed by atoms with Crippen molar-refractivity contribution in [3.63, 3.8) is 0 Å². The Labute approximate surface area is 153 Å². The Bertz CT molecular complexity index is 771. The first-order valence-electron chi connectivity index (χ1n) is 9.12. The molecule has 0 fully saturated rings. The lowest BCUT2D eigenvalue weighted by atomic mass is 9.97. The van der Waals surface area contributed by atoms with Crippen LogP contribution in [0.25, 0.3) is 0 Å². The Kier molecular flexibility index (Phi) is 6.36. The van der Waals surface area contributed by atoms with E-state index >= 15 is 0 Å². The molecule has 4 nitrogen and oxygen atoms in total. The third kappa shape index (κ3) is 5.41. The third-order valence-electron chi connectivity index (χ3n) is 4.50. The number of rotatable bonds is 7. The van der Waals surface area contributed by atoms with Gasteiger partial charge in [0, 0.05) is 6.54 Å². The molecule has 0 unspecified atom stereocenters. The smallest absolute Gasteiger partial charge is 0.230 e. The number of carbonyl (C=O) groups is 1. The Morgan fingerprint density at radius 2 is 2.04 bits per heavy atom. The minimum atomic E-state index is -0.372. The van der Waals surface area contributed by atoms with E-state index in [9.17, 15) is 9.18 Å². The van der Waals surface area contributed by atoms with Gasteiger partial charge >= 0.3 is 0 Å². The number of carbonyl (C=O) groups excluding carboxylic acids is 1. The predicted octanol–water partition coefficient (Wildman–Crippen LogP) is 4.70. The number of nitrogens with one attached hydrogen (secondary N) is 2. The normalized spacial score (nSPS) is 13.8. The van der Waals surface area contributed by atoms with E-state index in [4.69, 9.17) is 0 Å². The molecule has 1 aromatic carbocycles. The lowest BCUT2D eigenvalue weighted by molar-refractivity contribution is -0.115. The molecule has 26 heavy (non-hydrogen) atoms. The third-order valence-corrected chi connectivity index (χ3v) is 4.50. The second-order valence-electron chi connectivity index (χ2n) is 6.53. The van der Waals surface area contributed by atoms with Gasteiger partial charge in [0.05, 0.1) is 18.3 Å². The van der Waals surface area contributed by atoms with Crippen LogP contribution in [0.15, 0.2) is 54.2 Å². The predicted molar refractivity (Wildman–Crippen MR) is 103 cm³/mol. The van der Waals surface area contributed by atoms with Crippen LogP contribution in [-0.4, -0.2) is 17.4 Å². The highest BCUT2D eigenvalue weighted by Gasteiger charge is 2.08. The number of halogens is 1. The van der Waals surface area contributed by atoms with Gasteiger partial charge in [0.1, 0.15) is 11.6 Å². The van der Waals surface area contributed by atoms with Crippen molar-refractivity contribution in [3.05, 3.63) is 65.6 Å². The highest BCUT2D eigenvalue weighted by Crippen LogP contribution is 2.20. The summed E-state index contributed by atoms with van der Waals surface area (Å²) < 4.78 is 13.6. The van der Waals surface area contributed by atoms with Crippen molar-refractivity contribution in [3.8, 4) is 0 Å². The molecule has 1 aliphatic carbocycles. The van der Waals surface area contributed by atoms with Gasteiger partial charge in [-0.25, -0.2) is 9.37 Å². The highest BCUT2D eigenvalue weighted by atomic mass is 19.1. The topological polar surface area (TPSA) is 54.0 Å². The molecule has 0 saturated carbocycles. The maximum Gasteiger partial charge on any atom is 0.230 e. The number of amides is 1. The first kappa shape index (κ1) is 18.1. The van der Waals surface area contributed by atoms with Gasteiger partial charge in [0.2, 0.25) is 5.91 Å². The Balaban J connectivity index is 1.45. The van der Waals surface area contributed by atoms with E-state index in [1.807, 2.05) is 6.07 Å². The summed E-state index contributed by atoms with van der Waals surface area (Å²) in [6.45, 7) is 0.881. The van der Waals surface area contributed by atoms with Gasteiger partial charge in [0.15, 0.2) is 0 Å². The van der Waals surface area contributed by atoms with E-state index in [-0.39, 0.29) is 18.1 Å². The van der Waals surface area contributed by atoms with Gasteiger partial charge in [-0.2, -0.15) is 0 Å². The largest absolute Gasteiger partial charge is 0.383 e. The molecule has 0 bridgehead atoms. The van der Waals surface area contributed by atoms with Crippen LogP contribution in [0.3, 0.4) is 0 Å². The lowest BCUT2D eigenvalue weighted by Gasteiger charge is -2.13. The summed E-state index contributed by atoms with van der Waals surface area (Å²) >= 11 is 0. The molecule has 1 amide bonds. The quantitative estimate of drug-likeness (QED) is 0.709. The number of aromatic nitrogens is 1. The number of anilines is 2. The summed E-state index contributed by atoms with van der Waals surface area (Å²) in [5, 5.41) is 6.05. The first-order chi connectivity index (χ1) is 12.7. The van der Waals surface area contributed by atoms with Crippen LogP contribution in [0.4, 0.5) is 15.9 Å². The molecule has 0 radical (unpaired) electrons. The van der Waals surface area contributed by atoms with Crippen molar-refractivity contribution in [2.24, 2.45) is 0 Å². The summed E-state index contributed by atoms with van der Waals surface area (Å²) in [7, 11) is 0. The van der Waals surface area contributed by atoms with E-state index in [1.165, 1.54) is 37.3 Å². The fourth-order valence-electron chi connectivity index (χ4n) is 3.07. The van der Waals surface area contributed by atoms with Crippen LogP contribution >= 0.6 is 0 Å². The fourth-order valence-corrected chi connectivity index (χ4v) is 3.07. The molecule has 2 N–H and O–H groups in total. The van der Waals surface area contributed by atoms with Crippen LogP contribution < -0.4 is 10.6 Å². The molecule has 136 valence electrons. The maximum absolute atomic E-state index is 13.6. The average molecular weight is 353 g/mol. The summed E-state index contributed by atoms with van der Waals surface area (Å²) in [4.78, 5) is 16.3. The standard InChI is InChI=1S/C21H24FN3O/c22-19-9-5-4-8-17(19)14-21(26)25-20-11-10-18(15-24-20)23-13-12-16-6-2-1-3-7-16/h4-6,8-11,15,23H,1-3,7,12-14H2,(H,24,25,26). The zero-order valence-electron chi connectivity index (χ0n) is 14.8.